The molecule has 1 aromatic carbocycles. The number of carbonyl (C=O) groups is 1. The number of rotatable bonds is 5. The van der Waals surface area contributed by atoms with Crippen LogP contribution in [-0.4, -0.2) is 55.2 Å². The number of nitrogens with two attached hydrogens (primary N) is 1. The molecule has 3 N–H and O–H groups in total. The molecule has 1 aromatic rings. The summed E-state index contributed by atoms with van der Waals surface area (Å²) in [6, 6.07) is 8.19. The normalized spacial score (nSPS) is 21.4. The van der Waals surface area contributed by atoms with Gasteiger partial charge in [0.15, 0.2) is 0 Å². The third-order valence-corrected chi connectivity index (χ3v) is 5.96. The summed E-state index contributed by atoms with van der Waals surface area (Å²) in [4.78, 5) is 15.2. The topological polar surface area (TPSA) is 67.6 Å². The molecule has 2 saturated heterocycles. The molecule has 0 spiro atoms. The third kappa shape index (κ3) is 4.30. The molecule has 2 aliphatic heterocycles. The van der Waals surface area contributed by atoms with E-state index in [0.717, 1.165) is 25.3 Å². The van der Waals surface area contributed by atoms with E-state index in [0.29, 0.717) is 32.6 Å². The van der Waals surface area contributed by atoms with Crippen LogP contribution in [0.5, 0.6) is 0 Å². The maximum atomic E-state index is 12.8. The second kappa shape index (κ2) is 8.34. The van der Waals surface area contributed by atoms with Crippen molar-refractivity contribution >= 4 is 23.4 Å². The first-order chi connectivity index (χ1) is 11.7. The van der Waals surface area contributed by atoms with E-state index in [1.165, 1.54) is 17.1 Å². The molecule has 5 nitrogen and oxygen atoms in total. The first-order valence-corrected chi connectivity index (χ1v) is 9.86. The van der Waals surface area contributed by atoms with Crippen molar-refractivity contribution in [3.63, 3.8) is 0 Å². The standard InChI is InChI=1S/C18H27N3O2S/c19-14-18(4-8-23-9-5-18)17(22)20-16-3-1-2-15(12-16)13-21-6-10-24-11-7-21/h1-3,12H,4-11,13-14,19H2,(H,20,22). The zero-order valence-corrected chi connectivity index (χ0v) is 14.9. The van der Waals surface area contributed by atoms with Gasteiger partial charge >= 0.3 is 0 Å². The highest BCUT2D eigenvalue weighted by Crippen LogP contribution is 2.31. The van der Waals surface area contributed by atoms with E-state index in [4.69, 9.17) is 10.5 Å². The Morgan fingerprint density at radius 2 is 2.04 bits per heavy atom. The molecule has 2 fully saturated rings. The number of anilines is 1. The number of benzene rings is 1. The average Bonchev–Trinajstić information content (AvgIpc) is 2.63. The highest BCUT2D eigenvalue weighted by Gasteiger charge is 2.38. The predicted octanol–water partition coefficient (Wildman–Crippen LogP) is 1.93. The largest absolute Gasteiger partial charge is 0.381 e. The summed E-state index contributed by atoms with van der Waals surface area (Å²) >= 11 is 2.02. The summed E-state index contributed by atoms with van der Waals surface area (Å²) in [6.07, 6.45) is 1.39. The van der Waals surface area contributed by atoms with Gasteiger partial charge in [0.05, 0.1) is 5.41 Å². The van der Waals surface area contributed by atoms with Gasteiger partial charge in [-0.15, -0.1) is 0 Å². The molecule has 3 rings (SSSR count). The molecule has 0 saturated carbocycles. The second-order valence-electron chi connectivity index (χ2n) is 6.64. The Morgan fingerprint density at radius 1 is 1.29 bits per heavy atom. The number of amides is 1. The SMILES string of the molecule is NCC1(C(=O)Nc2cccc(CN3CCSCC3)c2)CCOCC1. The van der Waals surface area contributed by atoms with Crippen molar-refractivity contribution in [2.24, 2.45) is 11.1 Å². The number of carbonyl (C=O) groups excluding carboxylic acids is 1. The van der Waals surface area contributed by atoms with E-state index in [-0.39, 0.29) is 5.91 Å². The van der Waals surface area contributed by atoms with Crippen LogP contribution >= 0.6 is 11.8 Å². The molecule has 2 aliphatic rings. The lowest BCUT2D eigenvalue weighted by molar-refractivity contribution is -0.130. The van der Waals surface area contributed by atoms with Crippen molar-refractivity contribution in [1.29, 1.82) is 0 Å². The molecule has 0 aliphatic carbocycles. The molecule has 6 heteroatoms. The number of thioether (sulfide) groups is 1. The van der Waals surface area contributed by atoms with Crippen molar-refractivity contribution in [1.82, 2.24) is 4.90 Å². The minimum Gasteiger partial charge on any atom is -0.381 e. The fraction of sp³-hybridized carbons (Fsp3) is 0.611. The zero-order valence-electron chi connectivity index (χ0n) is 14.1. The van der Waals surface area contributed by atoms with Gasteiger partial charge in [0, 0.05) is 56.6 Å². The molecule has 24 heavy (non-hydrogen) atoms. The Bertz CT molecular complexity index is 555. The van der Waals surface area contributed by atoms with Gasteiger partial charge in [-0.05, 0) is 30.5 Å². The summed E-state index contributed by atoms with van der Waals surface area (Å²) in [5.41, 5.74) is 7.54. The smallest absolute Gasteiger partial charge is 0.232 e. The van der Waals surface area contributed by atoms with Crippen LogP contribution in [0, 0.1) is 5.41 Å². The molecule has 1 amide bonds. The quantitative estimate of drug-likeness (QED) is 0.850. The molecule has 0 unspecified atom stereocenters. The minimum absolute atomic E-state index is 0.0276. The monoisotopic (exact) mass is 349 g/mol. The predicted molar refractivity (Wildman–Crippen MR) is 99.2 cm³/mol. The van der Waals surface area contributed by atoms with Crippen LogP contribution in [-0.2, 0) is 16.1 Å². The van der Waals surface area contributed by atoms with Gasteiger partial charge in [0.25, 0.3) is 0 Å². The minimum atomic E-state index is -0.488. The maximum Gasteiger partial charge on any atom is 0.232 e. The molecule has 132 valence electrons. The Balaban J connectivity index is 1.64. The van der Waals surface area contributed by atoms with E-state index >= 15 is 0 Å². The molecule has 0 aromatic heterocycles. The summed E-state index contributed by atoms with van der Waals surface area (Å²) in [6.45, 7) is 4.80. The van der Waals surface area contributed by atoms with Gasteiger partial charge < -0.3 is 15.8 Å². The highest BCUT2D eigenvalue weighted by molar-refractivity contribution is 7.99. The van der Waals surface area contributed by atoms with Gasteiger partial charge in [-0.2, -0.15) is 11.8 Å². The summed E-state index contributed by atoms with van der Waals surface area (Å²) < 4.78 is 5.39. The summed E-state index contributed by atoms with van der Waals surface area (Å²) in [5, 5.41) is 3.08. The lowest BCUT2D eigenvalue weighted by Gasteiger charge is -2.34. The van der Waals surface area contributed by atoms with Gasteiger partial charge in [-0.1, -0.05) is 12.1 Å². The molecular formula is C18H27N3O2S. The van der Waals surface area contributed by atoms with Crippen LogP contribution in [0.25, 0.3) is 0 Å². The number of hydrogen-bond acceptors (Lipinski definition) is 5. The summed E-state index contributed by atoms with van der Waals surface area (Å²) in [5.74, 6) is 2.44. The fourth-order valence-corrected chi connectivity index (χ4v) is 4.29. The molecule has 0 radical (unpaired) electrons. The molecule has 0 bridgehead atoms. The van der Waals surface area contributed by atoms with Crippen molar-refractivity contribution in [3.05, 3.63) is 29.8 Å². The van der Waals surface area contributed by atoms with Crippen LogP contribution in [0.3, 0.4) is 0 Å². The van der Waals surface area contributed by atoms with Gasteiger partial charge in [-0.3, -0.25) is 9.69 Å². The lowest BCUT2D eigenvalue weighted by Crippen LogP contribution is -2.46. The van der Waals surface area contributed by atoms with Crippen LogP contribution < -0.4 is 11.1 Å². The van der Waals surface area contributed by atoms with Gasteiger partial charge in [0.1, 0.15) is 0 Å². The Morgan fingerprint density at radius 3 is 2.75 bits per heavy atom. The van der Waals surface area contributed by atoms with Gasteiger partial charge in [0.2, 0.25) is 5.91 Å². The Kier molecular flexibility index (Phi) is 6.16. The molecular weight excluding hydrogens is 322 g/mol. The van der Waals surface area contributed by atoms with E-state index in [9.17, 15) is 4.79 Å². The molecule has 2 heterocycles. The van der Waals surface area contributed by atoms with E-state index in [1.54, 1.807) is 0 Å². The second-order valence-corrected chi connectivity index (χ2v) is 7.86. The van der Waals surface area contributed by atoms with Gasteiger partial charge in [-0.25, -0.2) is 0 Å². The number of nitrogens with zero attached hydrogens (tertiary/aromatic N) is 1. The fourth-order valence-electron chi connectivity index (χ4n) is 3.31. The van der Waals surface area contributed by atoms with Crippen LogP contribution in [0.2, 0.25) is 0 Å². The van der Waals surface area contributed by atoms with E-state index in [2.05, 4.69) is 22.3 Å². The summed E-state index contributed by atoms with van der Waals surface area (Å²) in [7, 11) is 0. The average molecular weight is 350 g/mol. The Labute approximate surface area is 148 Å². The highest BCUT2D eigenvalue weighted by atomic mass is 32.2. The van der Waals surface area contributed by atoms with E-state index in [1.807, 2.05) is 23.9 Å². The lowest BCUT2D eigenvalue weighted by atomic mass is 9.79. The zero-order chi connectivity index (χ0) is 16.8. The molecule has 0 atom stereocenters. The van der Waals surface area contributed by atoms with E-state index < -0.39 is 5.41 Å². The Hall–Kier alpha value is -1.08. The maximum absolute atomic E-state index is 12.8. The number of nitrogens with one attached hydrogen (secondary N) is 1. The first kappa shape index (κ1) is 17.7. The van der Waals surface area contributed by atoms with Crippen molar-refractivity contribution in [2.75, 3.05) is 49.7 Å². The number of ether oxygens (including phenoxy) is 1. The third-order valence-electron chi connectivity index (χ3n) is 5.02. The first-order valence-electron chi connectivity index (χ1n) is 8.70. The number of hydrogen-bond donors (Lipinski definition) is 2. The van der Waals surface area contributed by atoms with Crippen LogP contribution in [0.1, 0.15) is 18.4 Å². The van der Waals surface area contributed by atoms with Crippen molar-refractivity contribution in [2.45, 2.75) is 19.4 Å². The van der Waals surface area contributed by atoms with Crippen LogP contribution in [0.15, 0.2) is 24.3 Å². The van der Waals surface area contributed by atoms with Crippen molar-refractivity contribution in [3.8, 4) is 0 Å². The van der Waals surface area contributed by atoms with Crippen molar-refractivity contribution < 1.29 is 9.53 Å². The van der Waals surface area contributed by atoms with Crippen LogP contribution in [0.4, 0.5) is 5.69 Å².